The quantitative estimate of drug-likeness (QED) is 0.190. The minimum absolute atomic E-state index is 0.152. The molecule has 0 saturated heterocycles. The standard InChI is InChI=1S/C47H30N2O2/c1-47(2)38-22-28(16-18-32(38)33-19-17-29(23-39(33)47)31-11-8-20-48-26-31)27-9-7-10-30(21-27)45-44-35-13-4-6-15-42(35)51-46(44)37-25-43-36(24-40(37)49-45)34-12-3-5-14-41(34)50-43/h3-26H,1-2H3. The summed E-state index contributed by atoms with van der Waals surface area (Å²) in [6.45, 7) is 4.68. The molecule has 0 spiro atoms. The van der Waals surface area contributed by atoms with Gasteiger partial charge >= 0.3 is 0 Å². The molecule has 0 radical (unpaired) electrons. The summed E-state index contributed by atoms with van der Waals surface area (Å²) in [6, 6.07) is 47.3. The zero-order valence-corrected chi connectivity index (χ0v) is 28.1. The lowest BCUT2D eigenvalue weighted by Crippen LogP contribution is -2.15. The highest BCUT2D eigenvalue weighted by Gasteiger charge is 2.36. The molecular formula is C47H30N2O2. The second kappa shape index (κ2) is 10.3. The fraction of sp³-hybridized carbons (Fsp3) is 0.0638. The van der Waals surface area contributed by atoms with E-state index in [9.17, 15) is 0 Å². The predicted octanol–water partition coefficient (Wildman–Crippen LogP) is 12.7. The van der Waals surface area contributed by atoms with Gasteiger partial charge in [-0.25, -0.2) is 4.98 Å². The van der Waals surface area contributed by atoms with Crippen molar-refractivity contribution in [1.82, 2.24) is 9.97 Å². The molecule has 4 heteroatoms. The lowest BCUT2D eigenvalue weighted by atomic mass is 9.81. The Labute approximate surface area is 293 Å². The van der Waals surface area contributed by atoms with Crippen LogP contribution < -0.4 is 0 Å². The molecule has 4 nitrogen and oxygen atoms in total. The summed E-state index contributed by atoms with van der Waals surface area (Å²) in [5, 5.41) is 5.14. The molecule has 6 aromatic carbocycles. The normalized spacial score (nSPS) is 13.5. The van der Waals surface area contributed by atoms with Crippen LogP contribution in [0.2, 0.25) is 0 Å². The van der Waals surface area contributed by atoms with Crippen molar-refractivity contribution in [2.24, 2.45) is 0 Å². The van der Waals surface area contributed by atoms with E-state index in [1.165, 1.54) is 33.4 Å². The van der Waals surface area contributed by atoms with Crippen molar-refractivity contribution in [2.45, 2.75) is 19.3 Å². The van der Waals surface area contributed by atoms with E-state index in [2.05, 4.69) is 116 Å². The van der Waals surface area contributed by atoms with Gasteiger partial charge in [-0.1, -0.05) is 98.8 Å². The Morgan fingerprint density at radius 3 is 1.92 bits per heavy atom. The molecular weight excluding hydrogens is 625 g/mol. The van der Waals surface area contributed by atoms with E-state index in [1.807, 2.05) is 48.8 Å². The molecule has 0 saturated carbocycles. The average Bonchev–Trinajstić information content (AvgIpc) is 3.82. The molecule has 0 bridgehead atoms. The molecule has 51 heavy (non-hydrogen) atoms. The highest BCUT2D eigenvalue weighted by molar-refractivity contribution is 6.22. The average molecular weight is 655 g/mol. The van der Waals surface area contributed by atoms with Crippen LogP contribution in [0.5, 0.6) is 0 Å². The number of hydrogen-bond acceptors (Lipinski definition) is 4. The summed E-state index contributed by atoms with van der Waals surface area (Å²) in [5.41, 5.74) is 16.0. The lowest BCUT2D eigenvalue weighted by Gasteiger charge is -2.22. The predicted molar refractivity (Wildman–Crippen MR) is 208 cm³/mol. The van der Waals surface area contributed by atoms with Gasteiger partial charge in [-0.15, -0.1) is 0 Å². The number of para-hydroxylation sites is 2. The maximum atomic E-state index is 6.62. The first-order chi connectivity index (χ1) is 25.0. The number of benzene rings is 6. The minimum atomic E-state index is -0.152. The van der Waals surface area contributed by atoms with Crippen molar-refractivity contribution in [3.8, 4) is 44.6 Å². The zero-order valence-electron chi connectivity index (χ0n) is 28.1. The fourth-order valence-electron chi connectivity index (χ4n) is 8.37. The number of rotatable bonds is 3. The maximum absolute atomic E-state index is 6.62. The Hall–Kier alpha value is -6.52. The summed E-state index contributed by atoms with van der Waals surface area (Å²) in [6.07, 6.45) is 3.76. The maximum Gasteiger partial charge on any atom is 0.147 e. The van der Waals surface area contributed by atoms with Gasteiger partial charge in [0.05, 0.1) is 16.6 Å². The second-order valence-electron chi connectivity index (χ2n) is 14.2. The van der Waals surface area contributed by atoms with Gasteiger partial charge < -0.3 is 8.83 Å². The lowest BCUT2D eigenvalue weighted by molar-refractivity contribution is 0.661. The van der Waals surface area contributed by atoms with E-state index >= 15 is 0 Å². The number of pyridine rings is 2. The summed E-state index contributed by atoms with van der Waals surface area (Å²) in [4.78, 5) is 9.76. The Bertz CT molecular complexity index is 3060. The van der Waals surface area contributed by atoms with Crippen LogP contribution >= 0.6 is 0 Å². The third-order valence-electron chi connectivity index (χ3n) is 10.9. The number of hydrogen-bond donors (Lipinski definition) is 0. The minimum Gasteiger partial charge on any atom is -0.456 e. The number of furan rings is 2. The third-order valence-corrected chi connectivity index (χ3v) is 10.9. The monoisotopic (exact) mass is 654 g/mol. The second-order valence-corrected chi connectivity index (χ2v) is 14.2. The molecule has 0 N–H and O–H groups in total. The van der Waals surface area contributed by atoms with Crippen LogP contribution in [0.25, 0.3) is 99.4 Å². The Morgan fingerprint density at radius 2 is 1.16 bits per heavy atom. The highest BCUT2D eigenvalue weighted by Crippen LogP contribution is 2.51. The van der Waals surface area contributed by atoms with Gasteiger partial charge in [-0.3, -0.25) is 4.98 Å². The molecule has 10 aromatic rings. The zero-order chi connectivity index (χ0) is 33.8. The SMILES string of the molecule is CC1(C)c2cc(-c3cccnc3)ccc2-c2ccc(-c3cccc(-c4nc5cc6c(cc5c5oc7ccccc7c45)oc4ccccc46)c3)cc21. The van der Waals surface area contributed by atoms with Crippen LogP contribution in [0, 0.1) is 0 Å². The molecule has 0 aliphatic heterocycles. The first-order valence-electron chi connectivity index (χ1n) is 17.4. The smallest absolute Gasteiger partial charge is 0.147 e. The summed E-state index contributed by atoms with van der Waals surface area (Å²) < 4.78 is 12.9. The van der Waals surface area contributed by atoms with Gasteiger partial charge in [0.25, 0.3) is 0 Å². The van der Waals surface area contributed by atoms with Crippen molar-refractivity contribution in [3.63, 3.8) is 0 Å². The van der Waals surface area contributed by atoms with Crippen LogP contribution in [0.3, 0.4) is 0 Å². The van der Waals surface area contributed by atoms with Gasteiger partial charge in [0.1, 0.15) is 22.3 Å². The molecule has 0 fully saturated rings. The number of nitrogens with zero attached hydrogens (tertiary/aromatic N) is 2. The van der Waals surface area contributed by atoms with E-state index < -0.39 is 0 Å². The van der Waals surface area contributed by atoms with E-state index in [-0.39, 0.29) is 5.41 Å². The first kappa shape index (κ1) is 28.3. The van der Waals surface area contributed by atoms with Crippen molar-refractivity contribution in [3.05, 3.63) is 157 Å². The van der Waals surface area contributed by atoms with Crippen molar-refractivity contribution in [2.75, 3.05) is 0 Å². The van der Waals surface area contributed by atoms with Crippen LogP contribution in [0.4, 0.5) is 0 Å². The largest absolute Gasteiger partial charge is 0.456 e. The van der Waals surface area contributed by atoms with Crippen LogP contribution in [0.15, 0.2) is 155 Å². The van der Waals surface area contributed by atoms with Gasteiger partial charge in [-0.05, 0) is 93.0 Å². The Balaban J connectivity index is 1.08. The molecule has 4 aromatic heterocycles. The summed E-state index contributed by atoms with van der Waals surface area (Å²) >= 11 is 0. The Morgan fingerprint density at radius 1 is 0.490 bits per heavy atom. The molecule has 1 aliphatic rings. The van der Waals surface area contributed by atoms with Gasteiger partial charge in [0.15, 0.2) is 0 Å². The van der Waals surface area contributed by atoms with E-state index in [1.54, 1.807) is 0 Å². The fourth-order valence-corrected chi connectivity index (χ4v) is 8.37. The molecule has 4 heterocycles. The molecule has 0 unspecified atom stereocenters. The molecule has 240 valence electrons. The molecule has 0 amide bonds. The van der Waals surface area contributed by atoms with Gasteiger partial charge in [0, 0.05) is 44.9 Å². The van der Waals surface area contributed by atoms with E-state index in [0.717, 1.165) is 77.2 Å². The van der Waals surface area contributed by atoms with Gasteiger partial charge in [-0.2, -0.15) is 0 Å². The van der Waals surface area contributed by atoms with Crippen molar-refractivity contribution < 1.29 is 8.83 Å². The van der Waals surface area contributed by atoms with Crippen LogP contribution in [-0.2, 0) is 5.41 Å². The van der Waals surface area contributed by atoms with E-state index in [0.29, 0.717) is 0 Å². The third kappa shape index (κ3) is 4.08. The Kier molecular flexibility index (Phi) is 5.70. The molecule has 0 atom stereocenters. The van der Waals surface area contributed by atoms with Crippen LogP contribution in [-0.4, -0.2) is 9.97 Å². The first-order valence-corrected chi connectivity index (χ1v) is 17.4. The molecule has 11 rings (SSSR count). The highest BCUT2D eigenvalue weighted by atomic mass is 16.3. The van der Waals surface area contributed by atoms with Crippen molar-refractivity contribution in [1.29, 1.82) is 0 Å². The number of aromatic nitrogens is 2. The van der Waals surface area contributed by atoms with Gasteiger partial charge in [0.2, 0.25) is 0 Å². The van der Waals surface area contributed by atoms with E-state index in [4.69, 9.17) is 13.8 Å². The molecule has 1 aliphatic carbocycles. The summed E-state index contributed by atoms with van der Waals surface area (Å²) in [7, 11) is 0. The van der Waals surface area contributed by atoms with Crippen molar-refractivity contribution >= 4 is 54.8 Å². The topological polar surface area (TPSA) is 52.1 Å². The number of fused-ring (bicyclic) bond motifs is 11. The van der Waals surface area contributed by atoms with Crippen LogP contribution in [0.1, 0.15) is 25.0 Å². The summed E-state index contributed by atoms with van der Waals surface area (Å²) in [5.74, 6) is 0.